The van der Waals surface area contributed by atoms with E-state index in [2.05, 4.69) is 29.0 Å². The molecule has 0 saturated carbocycles. The Kier molecular flexibility index (Phi) is 7.48. The van der Waals surface area contributed by atoms with E-state index in [4.69, 9.17) is 19.7 Å². The van der Waals surface area contributed by atoms with Crippen molar-refractivity contribution in [3.63, 3.8) is 0 Å². The van der Waals surface area contributed by atoms with E-state index in [1.54, 1.807) is 19.1 Å². The second kappa shape index (κ2) is 11.5. The lowest BCUT2D eigenvalue weighted by Gasteiger charge is -2.43. The molecule has 2 aromatic carbocycles. The first-order valence-electron chi connectivity index (χ1n) is 17.0. The molecule has 0 bridgehead atoms. The third kappa shape index (κ3) is 4.91. The van der Waals surface area contributed by atoms with E-state index in [0.717, 1.165) is 38.8 Å². The van der Waals surface area contributed by atoms with Crippen molar-refractivity contribution in [2.75, 3.05) is 37.7 Å². The number of halogens is 3. The second-order valence-corrected chi connectivity index (χ2v) is 14.0. The molecule has 2 N–H and O–H groups in total. The van der Waals surface area contributed by atoms with Gasteiger partial charge in [0.05, 0.1) is 16.6 Å². The van der Waals surface area contributed by atoms with Gasteiger partial charge in [-0.3, -0.25) is 4.90 Å². The summed E-state index contributed by atoms with van der Waals surface area (Å²) >= 11 is 0. The van der Waals surface area contributed by atoms with E-state index in [1.165, 1.54) is 12.1 Å². The molecule has 8 nitrogen and oxygen atoms in total. The fourth-order valence-electron chi connectivity index (χ4n) is 8.82. The van der Waals surface area contributed by atoms with E-state index in [1.807, 2.05) is 0 Å². The number of piperazine rings is 1. The monoisotopic (exact) mass is 646 g/mol. The Balaban J connectivity index is 1.34. The number of benzene rings is 2. The molecular weight excluding hydrogens is 605 g/mol. The predicted octanol–water partition coefficient (Wildman–Crippen LogP) is 6.23. The van der Waals surface area contributed by atoms with Crippen molar-refractivity contribution in [2.45, 2.75) is 83.1 Å². The lowest BCUT2D eigenvalue weighted by atomic mass is 9.89. The van der Waals surface area contributed by atoms with Gasteiger partial charge >= 0.3 is 6.01 Å². The first-order valence-corrected chi connectivity index (χ1v) is 17.0. The summed E-state index contributed by atoms with van der Waals surface area (Å²) in [7, 11) is 0. The Morgan fingerprint density at radius 2 is 1.94 bits per heavy atom. The van der Waals surface area contributed by atoms with Crippen molar-refractivity contribution in [2.24, 2.45) is 5.92 Å². The first-order chi connectivity index (χ1) is 22.7. The highest BCUT2D eigenvalue weighted by molar-refractivity contribution is 6.02. The number of phenolic OH excluding ortho intramolecular Hbond substituents is 1. The molecule has 248 valence electrons. The van der Waals surface area contributed by atoms with Crippen molar-refractivity contribution in [3.8, 4) is 23.0 Å². The molecule has 5 atom stereocenters. The molecule has 4 aliphatic rings. The van der Waals surface area contributed by atoms with Gasteiger partial charge in [0.25, 0.3) is 0 Å². The van der Waals surface area contributed by atoms with Crippen molar-refractivity contribution in [1.29, 1.82) is 0 Å². The van der Waals surface area contributed by atoms with Gasteiger partial charge in [-0.1, -0.05) is 26.3 Å². The molecule has 2 aromatic heterocycles. The van der Waals surface area contributed by atoms with E-state index < -0.39 is 23.3 Å². The number of hydrogen-bond acceptors (Lipinski definition) is 8. The fourth-order valence-corrected chi connectivity index (χ4v) is 8.82. The van der Waals surface area contributed by atoms with Gasteiger partial charge < -0.3 is 20.1 Å². The maximum atomic E-state index is 17.2. The Hall–Kier alpha value is -3.70. The van der Waals surface area contributed by atoms with Crippen LogP contribution in [0.25, 0.3) is 32.9 Å². The number of pyridine rings is 1. The second-order valence-electron chi connectivity index (χ2n) is 14.0. The van der Waals surface area contributed by atoms with Gasteiger partial charge in [-0.15, -0.1) is 0 Å². The van der Waals surface area contributed by atoms with E-state index in [9.17, 15) is 13.9 Å². The minimum absolute atomic E-state index is 0.00797. The van der Waals surface area contributed by atoms with E-state index in [-0.39, 0.29) is 47.6 Å². The van der Waals surface area contributed by atoms with Gasteiger partial charge in [0.1, 0.15) is 41.4 Å². The van der Waals surface area contributed by atoms with E-state index in [0.29, 0.717) is 64.7 Å². The summed E-state index contributed by atoms with van der Waals surface area (Å²) in [6.07, 6.45) is 3.69. The SMILES string of the molecule is CC[C@@H]1CN2c3nc(OC[C@@]45CCCN4C[C@H](F)C5)nc4c(F)c(-c5cc(O)cc6ccc(F)c(C)c56)nc(c34)C[C@@H](CC)[C@H]2CN1. The molecule has 11 heteroatoms. The number of fused-ring (bicyclic) bond motifs is 4. The number of aryl methyl sites for hydroxylation is 1. The van der Waals surface area contributed by atoms with Crippen LogP contribution < -0.4 is 15.0 Å². The molecule has 3 fully saturated rings. The number of nitrogens with one attached hydrogen (secondary N) is 1. The normalized spacial score (nSPS) is 27.3. The highest BCUT2D eigenvalue weighted by atomic mass is 19.1. The van der Waals surface area contributed by atoms with Crippen molar-refractivity contribution in [1.82, 2.24) is 25.2 Å². The third-order valence-corrected chi connectivity index (χ3v) is 11.3. The average molecular weight is 647 g/mol. The zero-order chi connectivity index (χ0) is 32.6. The molecule has 4 aliphatic heterocycles. The molecule has 47 heavy (non-hydrogen) atoms. The van der Waals surface area contributed by atoms with Gasteiger partial charge in [-0.25, -0.2) is 18.2 Å². The minimum Gasteiger partial charge on any atom is -0.508 e. The van der Waals surface area contributed by atoms with Crippen LogP contribution in [-0.2, 0) is 6.42 Å². The summed E-state index contributed by atoms with van der Waals surface area (Å²) in [5.41, 5.74) is 1.01. The number of aromatic hydroxyl groups is 1. The molecule has 0 spiro atoms. The van der Waals surface area contributed by atoms with Crippen molar-refractivity contribution in [3.05, 3.63) is 47.2 Å². The maximum Gasteiger partial charge on any atom is 0.319 e. The summed E-state index contributed by atoms with van der Waals surface area (Å²) in [6, 6.07) is 6.32. The summed E-state index contributed by atoms with van der Waals surface area (Å²) in [5, 5.41) is 16.0. The maximum absolute atomic E-state index is 17.2. The first kappa shape index (κ1) is 30.6. The lowest BCUT2D eigenvalue weighted by Crippen LogP contribution is -2.59. The predicted molar refractivity (Wildman–Crippen MR) is 176 cm³/mol. The summed E-state index contributed by atoms with van der Waals surface area (Å²) in [6.45, 7) is 8.87. The number of aromatic nitrogens is 3. The number of anilines is 1. The summed E-state index contributed by atoms with van der Waals surface area (Å²) in [4.78, 5) is 19.2. The van der Waals surface area contributed by atoms with Crippen LogP contribution in [0.1, 0.15) is 57.2 Å². The average Bonchev–Trinajstić information content (AvgIpc) is 3.55. The fraction of sp³-hybridized carbons (Fsp3) is 0.528. The Morgan fingerprint density at radius 1 is 1.09 bits per heavy atom. The molecule has 0 aliphatic carbocycles. The summed E-state index contributed by atoms with van der Waals surface area (Å²) in [5.74, 6) is -0.364. The minimum atomic E-state index is -0.904. The van der Waals surface area contributed by atoms with Crippen LogP contribution in [-0.4, -0.2) is 81.5 Å². The van der Waals surface area contributed by atoms with Crippen LogP contribution in [0.3, 0.4) is 0 Å². The van der Waals surface area contributed by atoms with Crippen LogP contribution in [0.2, 0.25) is 0 Å². The van der Waals surface area contributed by atoms with Gasteiger partial charge in [0.2, 0.25) is 0 Å². The molecule has 6 heterocycles. The lowest BCUT2D eigenvalue weighted by molar-refractivity contribution is 0.107. The van der Waals surface area contributed by atoms with Gasteiger partial charge in [-0.2, -0.15) is 9.97 Å². The standard InChI is InChI=1S/C36H41F3N6O2/c1-4-20-12-27-30-33(31(39)32(41-27)25-13-24(46)11-21-7-8-26(38)19(3)29(21)25)42-35(43-34(30)45-17-23(5-2)40-15-28(20)45)47-18-36-9-6-10-44(36)16-22(37)14-36/h7-8,11,13,20,22-23,28,40,46H,4-6,9-10,12,14-18H2,1-3H3/t20-,22-,23-,28-,36+/m1/s1. The van der Waals surface area contributed by atoms with Crippen molar-refractivity contribution >= 4 is 27.5 Å². The van der Waals surface area contributed by atoms with Crippen molar-refractivity contribution < 1.29 is 23.0 Å². The van der Waals surface area contributed by atoms with Crippen LogP contribution in [0, 0.1) is 24.5 Å². The number of nitrogens with zero attached hydrogens (tertiary/aromatic N) is 5. The van der Waals surface area contributed by atoms with Crippen LogP contribution in [0.4, 0.5) is 19.0 Å². The molecule has 0 radical (unpaired) electrons. The number of phenols is 1. The van der Waals surface area contributed by atoms with E-state index >= 15 is 4.39 Å². The number of ether oxygens (including phenoxy) is 1. The quantitative estimate of drug-likeness (QED) is 0.255. The van der Waals surface area contributed by atoms with Crippen LogP contribution in [0.15, 0.2) is 24.3 Å². The molecule has 4 aromatic rings. The molecule has 0 amide bonds. The highest BCUT2D eigenvalue weighted by Crippen LogP contribution is 2.44. The van der Waals surface area contributed by atoms with Gasteiger partial charge in [-0.05, 0) is 79.6 Å². The van der Waals surface area contributed by atoms with Crippen LogP contribution >= 0.6 is 0 Å². The molecule has 0 unspecified atom stereocenters. The molecule has 3 saturated heterocycles. The van der Waals surface area contributed by atoms with Gasteiger partial charge in [0, 0.05) is 43.7 Å². The summed E-state index contributed by atoms with van der Waals surface area (Å²) < 4.78 is 53.0. The molecule has 8 rings (SSSR count). The Bertz CT molecular complexity index is 1890. The van der Waals surface area contributed by atoms with Crippen LogP contribution in [0.5, 0.6) is 11.8 Å². The smallest absolute Gasteiger partial charge is 0.319 e. The number of alkyl halides is 1. The zero-order valence-electron chi connectivity index (χ0n) is 27.1. The zero-order valence-corrected chi connectivity index (χ0v) is 27.1. The number of rotatable bonds is 6. The third-order valence-electron chi connectivity index (χ3n) is 11.3. The highest BCUT2D eigenvalue weighted by Gasteiger charge is 2.49. The topological polar surface area (TPSA) is 86.6 Å². The number of hydrogen-bond donors (Lipinski definition) is 2. The Labute approximate surface area is 272 Å². The largest absolute Gasteiger partial charge is 0.508 e. The molecular formula is C36H41F3N6O2. The van der Waals surface area contributed by atoms with Gasteiger partial charge in [0.15, 0.2) is 5.82 Å². The Morgan fingerprint density at radius 3 is 2.74 bits per heavy atom.